The summed E-state index contributed by atoms with van der Waals surface area (Å²) in [5, 5.41) is 12.0. The highest BCUT2D eigenvalue weighted by Crippen LogP contribution is 2.37. The predicted molar refractivity (Wildman–Crippen MR) is 140 cm³/mol. The summed E-state index contributed by atoms with van der Waals surface area (Å²) in [7, 11) is 0. The first kappa shape index (κ1) is 26.4. The van der Waals surface area contributed by atoms with E-state index in [1.165, 1.54) is 10.7 Å². The number of fused-ring (bicyclic) bond motifs is 1. The van der Waals surface area contributed by atoms with E-state index in [0.717, 1.165) is 18.7 Å². The van der Waals surface area contributed by atoms with Crippen molar-refractivity contribution < 1.29 is 23.5 Å². The maximum absolute atomic E-state index is 14.0. The van der Waals surface area contributed by atoms with Gasteiger partial charge < -0.3 is 13.9 Å². The molecule has 1 saturated heterocycles. The summed E-state index contributed by atoms with van der Waals surface area (Å²) in [6.45, 7) is 6.74. The minimum Gasteiger partial charge on any atom is -0.464 e. The first-order valence-corrected chi connectivity index (χ1v) is 12.8. The summed E-state index contributed by atoms with van der Waals surface area (Å²) < 4.78 is 18.5. The molecule has 0 N–H and O–H groups in total. The highest BCUT2D eigenvalue weighted by Gasteiger charge is 2.48. The van der Waals surface area contributed by atoms with Gasteiger partial charge in [0.1, 0.15) is 11.3 Å². The number of aldehydes is 1. The van der Waals surface area contributed by atoms with Crippen LogP contribution in [0, 0.1) is 6.92 Å². The normalized spacial score (nSPS) is 15.6. The minimum absolute atomic E-state index is 0.0859. The molecule has 1 aliphatic rings. The number of aromatic nitrogens is 4. The van der Waals surface area contributed by atoms with Crippen molar-refractivity contribution in [1.82, 2.24) is 25.1 Å². The summed E-state index contributed by atoms with van der Waals surface area (Å²) in [6.07, 6.45) is 0.582. The van der Waals surface area contributed by atoms with Crippen molar-refractivity contribution in [1.29, 1.82) is 0 Å². The number of hydrogen-bond acceptors (Lipinski definition) is 10. The van der Waals surface area contributed by atoms with Crippen LogP contribution in [0.5, 0.6) is 0 Å². The zero-order chi connectivity index (χ0) is 27.4. The van der Waals surface area contributed by atoms with Gasteiger partial charge in [0.2, 0.25) is 5.82 Å². The van der Waals surface area contributed by atoms with Crippen LogP contribution in [0.3, 0.4) is 0 Å². The third-order valence-corrected chi connectivity index (χ3v) is 7.00. The van der Waals surface area contributed by atoms with Crippen LogP contribution < -0.4 is 5.43 Å². The number of rotatable bonds is 9. The van der Waals surface area contributed by atoms with E-state index in [9.17, 15) is 14.4 Å². The molecule has 5 rings (SSSR count). The summed E-state index contributed by atoms with van der Waals surface area (Å²) in [4.78, 5) is 41.2. The standard InChI is InChI=1S/C28H29N5O6/c1-3-38-27(36)28(16-20-7-5-4-6-8-20,33-25(18-34)29-30-31-33)23-10-9-22-24(35)15-21(39-26(22)19(23)2)17-32-11-13-37-14-12-32/h4-10,15,18H,3,11-14,16-17H2,1-2H3. The number of aryl methyl sites for hydroxylation is 1. The predicted octanol–water partition coefficient (Wildman–Crippen LogP) is 2.28. The molecule has 39 heavy (non-hydrogen) atoms. The second-order valence-corrected chi connectivity index (χ2v) is 9.39. The molecule has 4 aromatic rings. The van der Waals surface area contributed by atoms with E-state index in [1.807, 2.05) is 30.3 Å². The second-order valence-electron chi connectivity index (χ2n) is 9.39. The molecule has 0 spiro atoms. The Hall–Kier alpha value is -4.22. The van der Waals surface area contributed by atoms with Crippen LogP contribution in [0.1, 0.15) is 40.0 Å². The average Bonchev–Trinajstić information content (AvgIpc) is 3.43. The Bertz CT molecular complexity index is 1540. The number of nitrogens with zero attached hydrogens (tertiary/aromatic N) is 5. The van der Waals surface area contributed by atoms with Crippen molar-refractivity contribution in [2.24, 2.45) is 0 Å². The van der Waals surface area contributed by atoms with Gasteiger partial charge in [0.05, 0.1) is 31.8 Å². The number of morpholine rings is 1. The molecule has 1 unspecified atom stereocenters. The summed E-state index contributed by atoms with van der Waals surface area (Å²) in [5.74, 6) is -0.269. The first-order chi connectivity index (χ1) is 19.0. The van der Waals surface area contributed by atoms with E-state index in [4.69, 9.17) is 13.9 Å². The van der Waals surface area contributed by atoms with Gasteiger partial charge in [-0.3, -0.25) is 14.5 Å². The van der Waals surface area contributed by atoms with Gasteiger partial charge in [0.15, 0.2) is 17.3 Å². The van der Waals surface area contributed by atoms with Crippen LogP contribution in [0.15, 0.2) is 57.7 Å². The molecular formula is C28H29N5O6. The van der Waals surface area contributed by atoms with Crippen LogP contribution in [0.2, 0.25) is 0 Å². The van der Waals surface area contributed by atoms with Gasteiger partial charge in [-0.15, -0.1) is 5.10 Å². The van der Waals surface area contributed by atoms with Gasteiger partial charge in [-0.25, -0.2) is 9.48 Å². The van der Waals surface area contributed by atoms with Crippen molar-refractivity contribution in [2.75, 3.05) is 32.9 Å². The zero-order valence-electron chi connectivity index (χ0n) is 21.8. The van der Waals surface area contributed by atoms with Gasteiger partial charge in [0, 0.05) is 25.6 Å². The van der Waals surface area contributed by atoms with Gasteiger partial charge in [-0.05, 0) is 47.0 Å². The number of esters is 1. The van der Waals surface area contributed by atoms with Crippen LogP contribution in [0.4, 0.5) is 0 Å². The molecule has 11 nitrogen and oxygen atoms in total. The van der Waals surface area contributed by atoms with Gasteiger partial charge in [-0.1, -0.05) is 36.4 Å². The number of ether oxygens (including phenoxy) is 2. The molecule has 2 aromatic carbocycles. The minimum atomic E-state index is -1.66. The monoisotopic (exact) mass is 531 g/mol. The average molecular weight is 532 g/mol. The lowest BCUT2D eigenvalue weighted by atomic mass is 9.80. The third-order valence-electron chi connectivity index (χ3n) is 7.00. The highest BCUT2D eigenvalue weighted by atomic mass is 16.5. The zero-order valence-corrected chi connectivity index (χ0v) is 21.8. The lowest BCUT2D eigenvalue weighted by Crippen LogP contribution is -2.48. The Labute approximate surface area is 224 Å². The molecule has 2 aromatic heterocycles. The van der Waals surface area contributed by atoms with Gasteiger partial charge in [0.25, 0.3) is 0 Å². The fraction of sp³-hybridized carbons (Fsp3) is 0.357. The molecule has 11 heteroatoms. The molecule has 0 bridgehead atoms. The van der Waals surface area contributed by atoms with E-state index < -0.39 is 11.5 Å². The first-order valence-electron chi connectivity index (χ1n) is 12.8. The fourth-order valence-electron chi connectivity index (χ4n) is 5.14. The number of tetrazole rings is 1. The summed E-state index contributed by atoms with van der Waals surface area (Å²) in [5.41, 5.74) is 0.304. The molecule has 3 heterocycles. The fourth-order valence-corrected chi connectivity index (χ4v) is 5.14. The Morgan fingerprint density at radius 2 is 1.92 bits per heavy atom. The number of carbonyl (C=O) groups is 2. The van der Waals surface area contributed by atoms with E-state index in [0.29, 0.717) is 53.9 Å². The molecule has 1 fully saturated rings. The maximum Gasteiger partial charge on any atom is 0.339 e. The molecule has 1 aliphatic heterocycles. The van der Waals surface area contributed by atoms with Crippen molar-refractivity contribution in [3.63, 3.8) is 0 Å². The Balaban J connectivity index is 1.74. The lowest BCUT2D eigenvalue weighted by Gasteiger charge is -2.33. The summed E-state index contributed by atoms with van der Waals surface area (Å²) in [6, 6.07) is 14.1. The Kier molecular flexibility index (Phi) is 7.62. The molecule has 0 aliphatic carbocycles. The third kappa shape index (κ3) is 4.98. The Morgan fingerprint density at radius 1 is 1.15 bits per heavy atom. The highest BCUT2D eigenvalue weighted by molar-refractivity contribution is 5.89. The lowest BCUT2D eigenvalue weighted by molar-refractivity contribution is -0.152. The maximum atomic E-state index is 14.0. The van der Waals surface area contributed by atoms with E-state index >= 15 is 0 Å². The van der Waals surface area contributed by atoms with Gasteiger partial charge >= 0.3 is 5.97 Å². The van der Waals surface area contributed by atoms with Crippen molar-refractivity contribution >= 4 is 23.2 Å². The van der Waals surface area contributed by atoms with Crippen molar-refractivity contribution in [2.45, 2.75) is 32.4 Å². The molecule has 0 radical (unpaired) electrons. The second kappa shape index (κ2) is 11.3. The molecule has 0 saturated carbocycles. The number of carbonyl (C=O) groups excluding carboxylic acids is 2. The Morgan fingerprint density at radius 3 is 2.64 bits per heavy atom. The molecule has 1 atom stereocenters. The molecular weight excluding hydrogens is 502 g/mol. The quantitative estimate of drug-likeness (QED) is 0.234. The largest absolute Gasteiger partial charge is 0.464 e. The number of benzene rings is 2. The van der Waals surface area contributed by atoms with Crippen LogP contribution in [0.25, 0.3) is 11.0 Å². The van der Waals surface area contributed by atoms with Crippen LogP contribution >= 0.6 is 0 Å². The van der Waals surface area contributed by atoms with E-state index in [1.54, 1.807) is 26.0 Å². The van der Waals surface area contributed by atoms with Crippen molar-refractivity contribution in [3.05, 3.63) is 87.0 Å². The van der Waals surface area contributed by atoms with Gasteiger partial charge in [-0.2, -0.15) is 0 Å². The van der Waals surface area contributed by atoms with Crippen molar-refractivity contribution in [3.8, 4) is 0 Å². The van der Waals surface area contributed by atoms with E-state index in [2.05, 4.69) is 20.4 Å². The topological polar surface area (TPSA) is 130 Å². The molecule has 0 amide bonds. The van der Waals surface area contributed by atoms with Crippen LogP contribution in [-0.4, -0.2) is 70.3 Å². The summed E-state index contributed by atoms with van der Waals surface area (Å²) >= 11 is 0. The van der Waals surface area contributed by atoms with Crippen LogP contribution in [-0.2, 0) is 32.8 Å². The smallest absolute Gasteiger partial charge is 0.339 e. The van der Waals surface area contributed by atoms with E-state index in [-0.39, 0.29) is 24.3 Å². The number of hydrogen-bond donors (Lipinski definition) is 0. The SMILES string of the molecule is CCOC(=O)C(Cc1ccccc1)(c1ccc2c(=O)cc(CN3CCOCC3)oc2c1C)n1nnnc1C=O. The molecule has 202 valence electrons.